The Bertz CT molecular complexity index is 1130. The van der Waals surface area contributed by atoms with Gasteiger partial charge in [0, 0.05) is 12.1 Å². The fourth-order valence-electron chi connectivity index (χ4n) is 3.75. The number of benzene rings is 2. The monoisotopic (exact) mass is 419 g/mol. The van der Waals surface area contributed by atoms with Crippen LogP contribution in [0.2, 0.25) is 0 Å². The number of carbonyl (C=O) groups excluding carboxylic acids is 2. The van der Waals surface area contributed by atoms with Crippen molar-refractivity contribution in [2.45, 2.75) is 12.6 Å². The molecule has 0 bridgehead atoms. The Labute approximate surface area is 179 Å². The molecule has 0 aliphatic carbocycles. The van der Waals surface area contributed by atoms with Gasteiger partial charge in [-0.3, -0.25) is 9.59 Å². The summed E-state index contributed by atoms with van der Waals surface area (Å²) in [6.45, 7) is 0.184. The van der Waals surface area contributed by atoms with E-state index in [2.05, 4.69) is 0 Å². The molecule has 0 radical (unpaired) electrons. The first-order valence-corrected chi connectivity index (χ1v) is 9.63. The second-order valence-electron chi connectivity index (χ2n) is 7.00. The molecule has 158 valence electrons. The van der Waals surface area contributed by atoms with Gasteiger partial charge in [-0.05, 0) is 35.9 Å². The van der Waals surface area contributed by atoms with Crippen LogP contribution in [0, 0.1) is 0 Å². The van der Waals surface area contributed by atoms with Crippen LogP contribution in [0.25, 0.3) is 0 Å². The highest BCUT2D eigenvalue weighted by atomic mass is 16.5. The van der Waals surface area contributed by atoms with E-state index in [1.807, 2.05) is 30.3 Å². The summed E-state index contributed by atoms with van der Waals surface area (Å²) in [7, 11) is 3.02. The molecular weight excluding hydrogens is 398 g/mol. The quantitative estimate of drug-likeness (QED) is 0.581. The predicted molar refractivity (Wildman–Crippen MR) is 112 cm³/mol. The maximum Gasteiger partial charge on any atom is 0.290 e. The SMILES string of the molecule is COc1ccc(OC)c(C2C(C(=O)c3ccco3)=C(O)C(=O)N2Cc2ccccc2)c1. The van der Waals surface area contributed by atoms with Gasteiger partial charge in [0.15, 0.2) is 11.5 Å². The van der Waals surface area contributed by atoms with Crippen LogP contribution in [0.1, 0.15) is 27.7 Å². The zero-order valence-corrected chi connectivity index (χ0v) is 17.1. The van der Waals surface area contributed by atoms with E-state index < -0.39 is 23.5 Å². The number of hydrogen-bond acceptors (Lipinski definition) is 6. The summed E-state index contributed by atoms with van der Waals surface area (Å²) < 4.78 is 16.1. The van der Waals surface area contributed by atoms with Crippen LogP contribution >= 0.6 is 0 Å². The summed E-state index contributed by atoms with van der Waals surface area (Å²) in [6, 6.07) is 16.6. The predicted octanol–water partition coefficient (Wildman–Crippen LogP) is 4.08. The highest BCUT2D eigenvalue weighted by Crippen LogP contribution is 2.44. The molecule has 0 saturated heterocycles. The first-order valence-electron chi connectivity index (χ1n) is 9.63. The molecule has 0 saturated carbocycles. The fourth-order valence-corrected chi connectivity index (χ4v) is 3.75. The molecule has 2 heterocycles. The van der Waals surface area contributed by atoms with Gasteiger partial charge in [-0.1, -0.05) is 30.3 Å². The number of Topliss-reactive ketones (excluding diaryl/α,β-unsaturated/α-hetero) is 1. The lowest BCUT2D eigenvalue weighted by Crippen LogP contribution is -2.31. The van der Waals surface area contributed by atoms with Gasteiger partial charge in [0.1, 0.15) is 11.5 Å². The number of furan rings is 1. The molecule has 31 heavy (non-hydrogen) atoms. The highest BCUT2D eigenvalue weighted by molar-refractivity contribution is 6.15. The fraction of sp³-hybridized carbons (Fsp3) is 0.167. The van der Waals surface area contributed by atoms with Crippen LogP contribution < -0.4 is 9.47 Å². The number of amides is 1. The van der Waals surface area contributed by atoms with Crippen molar-refractivity contribution >= 4 is 11.7 Å². The Hall–Kier alpha value is -4.00. The molecule has 0 spiro atoms. The smallest absolute Gasteiger partial charge is 0.290 e. The molecule has 4 rings (SSSR count). The average molecular weight is 419 g/mol. The van der Waals surface area contributed by atoms with Gasteiger partial charge >= 0.3 is 0 Å². The van der Waals surface area contributed by atoms with Crippen LogP contribution in [-0.4, -0.2) is 35.9 Å². The minimum Gasteiger partial charge on any atom is -0.503 e. The molecule has 1 amide bonds. The number of nitrogens with zero attached hydrogens (tertiary/aromatic N) is 1. The number of rotatable bonds is 7. The molecular formula is C24H21NO6. The van der Waals surface area contributed by atoms with Gasteiger partial charge in [-0.25, -0.2) is 0 Å². The molecule has 1 unspecified atom stereocenters. The lowest BCUT2D eigenvalue weighted by Gasteiger charge is -2.28. The van der Waals surface area contributed by atoms with Crippen molar-refractivity contribution in [3.63, 3.8) is 0 Å². The van der Waals surface area contributed by atoms with Crippen molar-refractivity contribution < 1.29 is 28.6 Å². The largest absolute Gasteiger partial charge is 0.503 e. The van der Waals surface area contributed by atoms with Crippen molar-refractivity contribution in [1.82, 2.24) is 4.90 Å². The molecule has 1 aromatic heterocycles. The van der Waals surface area contributed by atoms with Crippen molar-refractivity contribution in [3.05, 3.63) is 95.1 Å². The van der Waals surface area contributed by atoms with E-state index >= 15 is 0 Å². The van der Waals surface area contributed by atoms with E-state index in [4.69, 9.17) is 13.9 Å². The first-order chi connectivity index (χ1) is 15.0. The Morgan fingerprint density at radius 3 is 2.48 bits per heavy atom. The second kappa shape index (κ2) is 8.39. The van der Waals surface area contributed by atoms with Gasteiger partial charge in [0.25, 0.3) is 5.91 Å². The van der Waals surface area contributed by atoms with Gasteiger partial charge < -0.3 is 23.9 Å². The van der Waals surface area contributed by atoms with Crippen molar-refractivity contribution in [1.29, 1.82) is 0 Å². The number of hydrogen-bond donors (Lipinski definition) is 1. The Morgan fingerprint density at radius 2 is 1.84 bits per heavy atom. The Kier molecular flexibility index (Phi) is 5.49. The van der Waals surface area contributed by atoms with Gasteiger partial charge in [0.2, 0.25) is 5.78 Å². The first kappa shape index (κ1) is 20.3. The summed E-state index contributed by atoms with van der Waals surface area (Å²) in [4.78, 5) is 27.8. The normalized spacial score (nSPS) is 16.0. The highest BCUT2D eigenvalue weighted by Gasteiger charge is 2.45. The van der Waals surface area contributed by atoms with Crippen LogP contribution in [0.4, 0.5) is 0 Å². The van der Waals surface area contributed by atoms with E-state index in [0.717, 1.165) is 5.56 Å². The van der Waals surface area contributed by atoms with Gasteiger partial charge in [-0.15, -0.1) is 0 Å². The topological polar surface area (TPSA) is 89.2 Å². The number of ketones is 1. The molecule has 3 aromatic rings. The van der Waals surface area contributed by atoms with E-state index in [-0.39, 0.29) is 17.9 Å². The van der Waals surface area contributed by atoms with Crippen LogP contribution in [-0.2, 0) is 11.3 Å². The summed E-state index contributed by atoms with van der Waals surface area (Å²) in [5, 5.41) is 10.8. The zero-order chi connectivity index (χ0) is 22.0. The Morgan fingerprint density at radius 1 is 1.06 bits per heavy atom. The standard InChI is InChI=1S/C24H21NO6/c1-29-16-10-11-18(30-2)17(13-16)21-20(22(26)19-9-6-12-31-19)23(27)24(28)25(21)14-15-7-4-3-5-8-15/h3-13,21,27H,14H2,1-2H3. The van der Waals surface area contributed by atoms with Gasteiger partial charge in [0.05, 0.1) is 32.1 Å². The lowest BCUT2D eigenvalue weighted by molar-refractivity contribution is -0.130. The summed E-state index contributed by atoms with van der Waals surface area (Å²) in [5.74, 6) is -0.805. The molecule has 7 nitrogen and oxygen atoms in total. The molecule has 1 N–H and O–H groups in total. The maximum absolute atomic E-state index is 13.2. The maximum atomic E-state index is 13.2. The third-order valence-electron chi connectivity index (χ3n) is 5.22. The van der Waals surface area contributed by atoms with E-state index in [9.17, 15) is 14.7 Å². The molecule has 1 atom stereocenters. The second-order valence-corrected chi connectivity index (χ2v) is 7.00. The molecule has 0 fully saturated rings. The minimum absolute atomic E-state index is 0.0303. The number of ether oxygens (including phenoxy) is 2. The third kappa shape index (κ3) is 3.66. The average Bonchev–Trinajstić information content (AvgIpc) is 3.42. The molecule has 1 aliphatic rings. The summed E-state index contributed by atoms with van der Waals surface area (Å²) >= 11 is 0. The van der Waals surface area contributed by atoms with E-state index in [1.54, 1.807) is 24.3 Å². The Balaban J connectivity index is 1.87. The summed E-state index contributed by atoms with van der Waals surface area (Å²) in [5.41, 5.74) is 1.30. The number of aliphatic hydroxyl groups excluding tert-OH is 1. The van der Waals surface area contributed by atoms with E-state index in [1.165, 1.54) is 31.4 Å². The van der Waals surface area contributed by atoms with Crippen LogP contribution in [0.15, 0.2) is 82.7 Å². The van der Waals surface area contributed by atoms with Crippen molar-refractivity contribution in [3.8, 4) is 11.5 Å². The number of carbonyl (C=O) groups is 2. The molecule has 1 aliphatic heterocycles. The molecule has 2 aromatic carbocycles. The van der Waals surface area contributed by atoms with Crippen LogP contribution in [0.3, 0.4) is 0 Å². The number of aliphatic hydroxyl groups is 1. The number of methoxy groups -OCH3 is 2. The minimum atomic E-state index is -0.893. The van der Waals surface area contributed by atoms with Crippen molar-refractivity contribution in [2.75, 3.05) is 14.2 Å². The third-order valence-corrected chi connectivity index (χ3v) is 5.22. The van der Waals surface area contributed by atoms with Gasteiger partial charge in [-0.2, -0.15) is 0 Å². The van der Waals surface area contributed by atoms with Crippen molar-refractivity contribution in [2.24, 2.45) is 0 Å². The van der Waals surface area contributed by atoms with E-state index in [0.29, 0.717) is 17.1 Å². The summed E-state index contributed by atoms with van der Waals surface area (Å²) in [6.07, 6.45) is 1.37. The molecule has 7 heteroatoms. The lowest BCUT2D eigenvalue weighted by atomic mass is 9.94. The van der Waals surface area contributed by atoms with Crippen LogP contribution in [0.5, 0.6) is 11.5 Å². The zero-order valence-electron chi connectivity index (χ0n) is 17.1.